The van der Waals surface area contributed by atoms with Crippen LogP contribution in [0.15, 0.2) is 23.1 Å². The zero-order chi connectivity index (χ0) is 19.5. The van der Waals surface area contributed by atoms with E-state index >= 15 is 0 Å². The van der Waals surface area contributed by atoms with Crippen molar-refractivity contribution in [3.05, 3.63) is 18.2 Å². The second kappa shape index (κ2) is 11.1. The number of unbranched alkanes of at least 4 members (excludes halogenated alkanes) is 7. The van der Waals surface area contributed by atoms with Crippen molar-refractivity contribution in [1.82, 2.24) is 4.72 Å². The smallest absolute Gasteiger partial charge is 0.303 e. The topological polar surface area (TPSA) is 102 Å². The first-order chi connectivity index (χ1) is 13.0. The third-order valence-electron chi connectivity index (χ3n) is 4.43. The second-order valence-electron chi connectivity index (χ2n) is 6.68. The van der Waals surface area contributed by atoms with Gasteiger partial charge < -0.3 is 14.6 Å². The lowest BCUT2D eigenvalue weighted by atomic mass is 10.1. The molecule has 0 saturated heterocycles. The molecule has 0 spiro atoms. The maximum Gasteiger partial charge on any atom is 0.303 e. The summed E-state index contributed by atoms with van der Waals surface area (Å²) in [6, 6.07) is 4.65. The Balaban J connectivity index is 1.58. The highest BCUT2D eigenvalue weighted by Crippen LogP contribution is 2.32. The molecular weight excluding hydrogens is 370 g/mol. The van der Waals surface area contributed by atoms with Crippen LogP contribution in [0, 0.1) is 0 Å². The SMILES string of the molecule is O=C(O)CCCCCCCCCCNS(=O)(=O)c1ccc2c(c1)OCCO2. The average Bonchev–Trinajstić information content (AvgIpc) is 2.65. The van der Waals surface area contributed by atoms with Gasteiger partial charge in [0.05, 0.1) is 4.90 Å². The number of aliphatic carboxylic acids is 1. The van der Waals surface area contributed by atoms with E-state index in [1.165, 1.54) is 12.1 Å². The van der Waals surface area contributed by atoms with Crippen molar-refractivity contribution in [2.24, 2.45) is 0 Å². The summed E-state index contributed by atoms with van der Waals surface area (Å²) >= 11 is 0. The minimum atomic E-state index is -3.54. The Morgan fingerprint density at radius 1 is 0.926 bits per heavy atom. The third kappa shape index (κ3) is 7.76. The highest BCUT2D eigenvalue weighted by atomic mass is 32.2. The number of carboxylic acids is 1. The van der Waals surface area contributed by atoms with Crippen LogP contribution in [0.3, 0.4) is 0 Å². The van der Waals surface area contributed by atoms with Crippen LogP contribution in [0.25, 0.3) is 0 Å². The van der Waals surface area contributed by atoms with Crippen LogP contribution < -0.4 is 14.2 Å². The molecule has 1 aliphatic rings. The maximum absolute atomic E-state index is 12.4. The van der Waals surface area contributed by atoms with Gasteiger partial charge in [0.15, 0.2) is 11.5 Å². The van der Waals surface area contributed by atoms with Gasteiger partial charge in [-0.2, -0.15) is 0 Å². The van der Waals surface area contributed by atoms with E-state index in [4.69, 9.17) is 14.6 Å². The van der Waals surface area contributed by atoms with Gasteiger partial charge in [0.25, 0.3) is 0 Å². The van der Waals surface area contributed by atoms with Gasteiger partial charge in [-0.05, 0) is 25.0 Å². The number of nitrogens with one attached hydrogen (secondary N) is 1. The standard InChI is InChI=1S/C19H29NO6S/c21-19(22)9-7-5-3-1-2-4-6-8-12-20-27(23,24)16-10-11-17-18(15-16)26-14-13-25-17/h10-11,15,20H,1-9,12-14H2,(H,21,22). The van der Waals surface area contributed by atoms with Gasteiger partial charge in [-0.1, -0.05) is 38.5 Å². The van der Waals surface area contributed by atoms with E-state index in [0.29, 0.717) is 31.3 Å². The summed E-state index contributed by atoms with van der Waals surface area (Å²) in [7, 11) is -3.54. The molecule has 8 heteroatoms. The van der Waals surface area contributed by atoms with Gasteiger partial charge in [-0.15, -0.1) is 0 Å². The van der Waals surface area contributed by atoms with Gasteiger partial charge in [-0.25, -0.2) is 13.1 Å². The van der Waals surface area contributed by atoms with Gasteiger partial charge in [0, 0.05) is 19.0 Å². The number of benzene rings is 1. The molecule has 0 aromatic heterocycles. The summed E-state index contributed by atoms with van der Waals surface area (Å²) in [5.41, 5.74) is 0. The van der Waals surface area contributed by atoms with Crippen LogP contribution in [-0.2, 0) is 14.8 Å². The lowest BCUT2D eigenvalue weighted by Crippen LogP contribution is -2.25. The van der Waals surface area contributed by atoms with Gasteiger partial charge in [0.2, 0.25) is 10.0 Å². The Bertz CT molecular complexity index is 704. The van der Waals surface area contributed by atoms with Crippen molar-refractivity contribution >= 4 is 16.0 Å². The van der Waals surface area contributed by atoms with Crippen LogP contribution >= 0.6 is 0 Å². The highest BCUT2D eigenvalue weighted by molar-refractivity contribution is 7.89. The fraction of sp³-hybridized carbons (Fsp3) is 0.632. The Hall–Kier alpha value is -1.80. The molecule has 1 aromatic carbocycles. The van der Waals surface area contributed by atoms with Crippen LogP contribution in [0.2, 0.25) is 0 Å². The Kier molecular flexibility index (Phi) is 8.87. The molecule has 1 aliphatic heterocycles. The largest absolute Gasteiger partial charge is 0.486 e. The quantitative estimate of drug-likeness (QED) is 0.493. The molecule has 0 amide bonds. The van der Waals surface area contributed by atoms with Gasteiger partial charge >= 0.3 is 5.97 Å². The summed E-state index contributed by atoms with van der Waals surface area (Å²) in [4.78, 5) is 10.6. The molecule has 0 aliphatic carbocycles. The Labute approximate surface area is 161 Å². The maximum atomic E-state index is 12.4. The number of sulfonamides is 1. The molecule has 0 fully saturated rings. The van der Waals surface area contributed by atoms with Crippen LogP contribution in [0.4, 0.5) is 0 Å². The van der Waals surface area contributed by atoms with Crippen molar-refractivity contribution in [2.75, 3.05) is 19.8 Å². The van der Waals surface area contributed by atoms with Gasteiger partial charge in [0.1, 0.15) is 13.2 Å². The fourth-order valence-electron chi connectivity index (χ4n) is 2.94. The number of hydrogen-bond donors (Lipinski definition) is 2. The number of carboxylic acid groups (broad SMARTS) is 1. The second-order valence-corrected chi connectivity index (χ2v) is 8.44. The molecule has 1 aromatic rings. The monoisotopic (exact) mass is 399 g/mol. The zero-order valence-electron chi connectivity index (χ0n) is 15.6. The van der Waals surface area contributed by atoms with Crippen molar-refractivity contribution in [3.8, 4) is 11.5 Å². The lowest BCUT2D eigenvalue weighted by molar-refractivity contribution is -0.137. The molecule has 0 unspecified atom stereocenters. The van der Waals surface area contributed by atoms with Crippen molar-refractivity contribution in [1.29, 1.82) is 0 Å². The zero-order valence-corrected chi connectivity index (χ0v) is 16.4. The Morgan fingerprint density at radius 3 is 2.19 bits per heavy atom. The van der Waals surface area contributed by atoms with Crippen LogP contribution in [0.5, 0.6) is 11.5 Å². The van der Waals surface area contributed by atoms with E-state index in [1.54, 1.807) is 6.07 Å². The molecule has 0 saturated carbocycles. The minimum absolute atomic E-state index is 0.188. The Morgan fingerprint density at radius 2 is 1.52 bits per heavy atom. The van der Waals surface area contributed by atoms with Crippen molar-refractivity contribution in [3.63, 3.8) is 0 Å². The number of ether oxygens (including phenoxy) is 2. The average molecular weight is 400 g/mol. The van der Waals surface area contributed by atoms with Crippen molar-refractivity contribution in [2.45, 2.75) is 62.7 Å². The molecule has 7 nitrogen and oxygen atoms in total. The number of carbonyl (C=O) groups is 1. The van der Waals surface area contributed by atoms with Crippen molar-refractivity contribution < 1.29 is 27.8 Å². The third-order valence-corrected chi connectivity index (χ3v) is 5.89. The van der Waals surface area contributed by atoms with Crippen LogP contribution in [0.1, 0.15) is 57.8 Å². The summed E-state index contributed by atoms with van der Waals surface area (Å²) in [6.45, 7) is 1.30. The summed E-state index contributed by atoms with van der Waals surface area (Å²) in [5.74, 6) is 0.310. The lowest BCUT2D eigenvalue weighted by Gasteiger charge is -2.18. The molecule has 27 heavy (non-hydrogen) atoms. The van der Waals surface area contributed by atoms with E-state index in [0.717, 1.165) is 51.4 Å². The van der Waals surface area contributed by atoms with E-state index in [9.17, 15) is 13.2 Å². The van der Waals surface area contributed by atoms with E-state index in [2.05, 4.69) is 4.72 Å². The van der Waals surface area contributed by atoms with E-state index < -0.39 is 16.0 Å². The molecule has 0 radical (unpaired) electrons. The van der Waals surface area contributed by atoms with Crippen LogP contribution in [-0.4, -0.2) is 39.3 Å². The molecule has 2 N–H and O–H groups in total. The molecule has 2 rings (SSSR count). The summed E-state index contributed by atoms with van der Waals surface area (Å²) in [6.07, 6.45) is 8.04. The molecular formula is C19H29NO6S. The molecule has 152 valence electrons. The minimum Gasteiger partial charge on any atom is -0.486 e. The first-order valence-electron chi connectivity index (χ1n) is 9.60. The molecule has 0 bridgehead atoms. The van der Waals surface area contributed by atoms with E-state index in [1.807, 2.05) is 0 Å². The number of rotatable bonds is 13. The predicted octanol–water partition coefficient (Wildman–Crippen LogP) is 3.33. The molecule has 1 heterocycles. The fourth-order valence-corrected chi connectivity index (χ4v) is 4.03. The number of fused-ring (bicyclic) bond motifs is 1. The predicted molar refractivity (Wildman–Crippen MR) is 102 cm³/mol. The highest BCUT2D eigenvalue weighted by Gasteiger charge is 2.18. The normalized spacial score (nSPS) is 13.5. The molecule has 0 atom stereocenters. The van der Waals surface area contributed by atoms with Gasteiger partial charge in [-0.3, -0.25) is 4.79 Å². The summed E-state index contributed by atoms with van der Waals surface area (Å²) in [5, 5.41) is 8.56. The summed E-state index contributed by atoms with van der Waals surface area (Å²) < 4.78 is 38.2. The first kappa shape index (κ1) is 21.5. The van der Waals surface area contributed by atoms with E-state index in [-0.39, 0.29) is 11.3 Å². The first-order valence-corrected chi connectivity index (χ1v) is 11.1. The number of hydrogen-bond acceptors (Lipinski definition) is 5.